The number of benzene rings is 3. The lowest BCUT2D eigenvalue weighted by Gasteiger charge is -2.34. The minimum Gasteiger partial charge on any atom is -0.497 e. The van der Waals surface area contributed by atoms with Crippen molar-refractivity contribution in [2.45, 2.75) is 36.9 Å². The van der Waals surface area contributed by atoms with Gasteiger partial charge in [-0.2, -0.15) is 0 Å². The summed E-state index contributed by atoms with van der Waals surface area (Å²) in [4.78, 5) is 15.6. The number of rotatable bonds is 8. The number of para-hydroxylation sites is 2. The third kappa shape index (κ3) is 5.57. The van der Waals surface area contributed by atoms with E-state index in [0.717, 1.165) is 25.2 Å². The highest BCUT2D eigenvalue weighted by molar-refractivity contribution is 7.92. The maximum Gasteiger partial charge on any atom is 0.264 e. The maximum atomic E-state index is 13.5. The largest absolute Gasteiger partial charge is 0.497 e. The first kappa shape index (κ1) is 25.1. The zero-order valence-electron chi connectivity index (χ0n) is 20.8. The van der Waals surface area contributed by atoms with Gasteiger partial charge in [-0.1, -0.05) is 36.4 Å². The normalized spacial score (nSPS) is 17.6. The van der Waals surface area contributed by atoms with Gasteiger partial charge in [0.15, 0.2) is 6.10 Å². The Morgan fingerprint density at radius 1 is 0.973 bits per heavy atom. The molecule has 0 aliphatic carbocycles. The SMILES string of the molecule is COc1ccc(S(=O)(=O)N2CC(C(=O)NCc3ccc(CN4CCCC4)cc3)Oc3ccccc32)cc1. The highest BCUT2D eigenvalue weighted by Crippen LogP contribution is 2.37. The molecule has 1 saturated heterocycles. The number of methoxy groups -OCH3 is 1. The van der Waals surface area contributed by atoms with Gasteiger partial charge < -0.3 is 14.8 Å². The topological polar surface area (TPSA) is 88.2 Å². The number of carbonyl (C=O) groups is 1. The molecule has 8 nitrogen and oxygen atoms in total. The molecule has 194 valence electrons. The molecule has 3 aromatic rings. The fraction of sp³-hybridized carbons (Fsp3) is 0.321. The van der Waals surface area contributed by atoms with Gasteiger partial charge in [0.1, 0.15) is 11.5 Å². The fourth-order valence-electron chi connectivity index (χ4n) is 4.71. The van der Waals surface area contributed by atoms with Crippen molar-refractivity contribution in [1.29, 1.82) is 0 Å². The third-order valence-corrected chi connectivity index (χ3v) is 8.56. The molecule has 2 heterocycles. The number of ether oxygens (including phenoxy) is 2. The van der Waals surface area contributed by atoms with Gasteiger partial charge in [-0.25, -0.2) is 8.42 Å². The molecule has 2 aliphatic rings. The van der Waals surface area contributed by atoms with Crippen molar-refractivity contribution in [3.8, 4) is 11.5 Å². The average Bonchev–Trinajstić information content (AvgIpc) is 3.45. The minimum absolute atomic E-state index is 0.109. The van der Waals surface area contributed by atoms with E-state index in [2.05, 4.69) is 22.3 Å². The highest BCUT2D eigenvalue weighted by Gasteiger charge is 2.37. The number of likely N-dealkylation sites (tertiary alicyclic amines) is 1. The molecule has 1 fully saturated rings. The summed E-state index contributed by atoms with van der Waals surface area (Å²) in [6.07, 6.45) is 1.53. The van der Waals surface area contributed by atoms with Crippen LogP contribution >= 0.6 is 0 Å². The molecule has 0 radical (unpaired) electrons. The lowest BCUT2D eigenvalue weighted by molar-refractivity contribution is -0.127. The summed E-state index contributed by atoms with van der Waals surface area (Å²) < 4.78 is 39.4. The minimum atomic E-state index is -3.94. The molecule has 0 aromatic heterocycles. The van der Waals surface area contributed by atoms with Crippen molar-refractivity contribution in [3.05, 3.63) is 83.9 Å². The van der Waals surface area contributed by atoms with E-state index >= 15 is 0 Å². The molecule has 1 unspecified atom stereocenters. The van der Waals surface area contributed by atoms with Gasteiger partial charge in [0, 0.05) is 13.1 Å². The second-order valence-corrected chi connectivity index (χ2v) is 11.2. The lowest BCUT2D eigenvalue weighted by Crippen LogP contribution is -2.50. The number of anilines is 1. The Morgan fingerprint density at radius 3 is 2.35 bits per heavy atom. The summed E-state index contributed by atoms with van der Waals surface area (Å²) >= 11 is 0. The van der Waals surface area contributed by atoms with Crippen LogP contribution in [-0.2, 0) is 27.9 Å². The summed E-state index contributed by atoms with van der Waals surface area (Å²) in [5.41, 5.74) is 2.62. The van der Waals surface area contributed by atoms with E-state index in [4.69, 9.17) is 9.47 Å². The first-order valence-electron chi connectivity index (χ1n) is 12.4. The van der Waals surface area contributed by atoms with Crippen molar-refractivity contribution >= 4 is 21.6 Å². The van der Waals surface area contributed by atoms with E-state index in [1.807, 2.05) is 12.1 Å². The van der Waals surface area contributed by atoms with Gasteiger partial charge >= 0.3 is 0 Å². The second kappa shape index (κ2) is 10.8. The molecule has 0 saturated carbocycles. The summed E-state index contributed by atoms with van der Waals surface area (Å²) in [5.74, 6) is 0.533. The molecule has 3 aromatic carbocycles. The van der Waals surface area contributed by atoms with Crippen molar-refractivity contribution in [3.63, 3.8) is 0 Å². The van der Waals surface area contributed by atoms with E-state index < -0.39 is 16.1 Å². The molecule has 0 bridgehead atoms. The molecule has 37 heavy (non-hydrogen) atoms. The molecule has 0 spiro atoms. The summed E-state index contributed by atoms with van der Waals surface area (Å²) in [6, 6.07) is 21.2. The second-order valence-electron chi connectivity index (χ2n) is 9.30. The van der Waals surface area contributed by atoms with Gasteiger partial charge in [0.05, 0.1) is 24.2 Å². The number of sulfonamides is 1. The zero-order chi connectivity index (χ0) is 25.8. The maximum absolute atomic E-state index is 13.5. The van der Waals surface area contributed by atoms with Crippen LogP contribution in [0.2, 0.25) is 0 Å². The Labute approximate surface area is 217 Å². The Kier molecular flexibility index (Phi) is 7.34. The summed E-state index contributed by atoms with van der Waals surface area (Å²) in [5, 5.41) is 2.91. The number of carbonyl (C=O) groups excluding carboxylic acids is 1. The predicted molar refractivity (Wildman–Crippen MR) is 141 cm³/mol. The Bertz CT molecular complexity index is 1340. The number of fused-ring (bicyclic) bond motifs is 1. The van der Waals surface area contributed by atoms with Gasteiger partial charge in [0.2, 0.25) is 0 Å². The molecule has 2 aliphatic heterocycles. The van der Waals surface area contributed by atoms with E-state index in [1.54, 1.807) is 36.4 Å². The zero-order valence-corrected chi connectivity index (χ0v) is 21.6. The first-order valence-corrected chi connectivity index (χ1v) is 13.9. The number of amides is 1. The number of hydrogen-bond donors (Lipinski definition) is 1. The van der Waals surface area contributed by atoms with Crippen LogP contribution in [-0.4, -0.2) is 52.1 Å². The van der Waals surface area contributed by atoms with Gasteiger partial charge in [0.25, 0.3) is 15.9 Å². The molecule has 5 rings (SSSR count). The van der Waals surface area contributed by atoms with Crippen molar-refractivity contribution < 1.29 is 22.7 Å². The summed E-state index contributed by atoms with van der Waals surface area (Å²) in [6.45, 7) is 3.43. The van der Waals surface area contributed by atoms with Crippen LogP contribution in [0.15, 0.2) is 77.7 Å². The quantitative estimate of drug-likeness (QED) is 0.488. The van der Waals surface area contributed by atoms with Crippen LogP contribution in [0.1, 0.15) is 24.0 Å². The smallest absolute Gasteiger partial charge is 0.264 e. The molecule has 1 amide bonds. The van der Waals surface area contributed by atoms with Crippen LogP contribution in [0.25, 0.3) is 0 Å². The summed E-state index contributed by atoms with van der Waals surface area (Å²) in [7, 11) is -2.41. The van der Waals surface area contributed by atoms with Crippen molar-refractivity contribution in [1.82, 2.24) is 10.2 Å². The Balaban J connectivity index is 1.28. The number of nitrogens with one attached hydrogen (secondary N) is 1. The van der Waals surface area contributed by atoms with E-state index in [9.17, 15) is 13.2 Å². The molecule has 1 N–H and O–H groups in total. The van der Waals surface area contributed by atoms with E-state index in [-0.39, 0.29) is 17.3 Å². The van der Waals surface area contributed by atoms with Crippen LogP contribution in [0, 0.1) is 0 Å². The van der Waals surface area contributed by atoms with Crippen LogP contribution in [0.3, 0.4) is 0 Å². The third-order valence-electron chi connectivity index (χ3n) is 6.77. The van der Waals surface area contributed by atoms with E-state index in [1.165, 1.54) is 42.0 Å². The fourth-order valence-corrected chi connectivity index (χ4v) is 6.18. The number of hydrogen-bond acceptors (Lipinski definition) is 6. The van der Waals surface area contributed by atoms with Crippen LogP contribution < -0.4 is 19.1 Å². The molecular weight excluding hydrogens is 490 g/mol. The Morgan fingerprint density at radius 2 is 1.65 bits per heavy atom. The highest BCUT2D eigenvalue weighted by atomic mass is 32.2. The van der Waals surface area contributed by atoms with Crippen molar-refractivity contribution in [2.24, 2.45) is 0 Å². The molecular formula is C28H31N3O5S. The van der Waals surface area contributed by atoms with E-state index in [0.29, 0.717) is 23.7 Å². The molecule has 9 heteroatoms. The van der Waals surface area contributed by atoms with Gasteiger partial charge in [-0.15, -0.1) is 0 Å². The standard InChI is InChI=1S/C28H31N3O5S/c1-35-23-12-14-24(15-13-23)37(33,34)31-20-27(36-26-7-3-2-6-25(26)31)28(32)29-18-21-8-10-22(11-9-21)19-30-16-4-5-17-30/h2-3,6-15,27H,4-5,16-20H2,1H3,(H,29,32). The first-order chi connectivity index (χ1) is 17.9. The monoisotopic (exact) mass is 521 g/mol. The van der Waals surface area contributed by atoms with Crippen molar-refractivity contribution in [2.75, 3.05) is 31.0 Å². The van der Waals surface area contributed by atoms with Gasteiger partial charge in [-0.3, -0.25) is 14.0 Å². The lowest BCUT2D eigenvalue weighted by atomic mass is 10.1. The van der Waals surface area contributed by atoms with Crippen LogP contribution in [0.5, 0.6) is 11.5 Å². The number of nitrogens with zero attached hydrogens (tertiary/aromatic N) is 2. The van der Waals surface area contributed by atoms with Crippen LogP contribution in [0.4, 0.5) is 5.69 Å². The molecule has 1 atom stereocenters. The predicted octanol–water partition coefficient (Wildman–Crippen LogP) is 3.56. The average molecular weight is 522 g/mol. The van der Waals surface area contributed by atoms with Gasteiger partial charge in [-0.05, 0) is 73.5 Å². The Hall–Kier alpha value is -3.56.